The van der Waals surface area contributed by atoms with Gasteiger partial charge in [0.25, 0.3) is 0 Å². The van der Waals surface area contributed by atoms with E-state index in [9.17, 15) is 14.3 Å². The van der Waals surface area contributed by atoms with Crippen LogP contribution in [0.5, 0.6) is 5.75 Å². The lowest BCUT2D eigenvalue weighted by Gasteiger charge is -2.08. The van der Waals surface area contributed by atoms with Crippen LogP contribution in [-0.4, -0.2) is 11.7 Å². The van der Waals surface area contributed by atoms with E-state index < -0.39 is 17.0 Å². The van der Waals surface area contributed by atoms with Gasteiger partial charge in [0.1, 0.15) is 5.82 Å². The fraction of sp³-hybridized carbons (Fsp3) is 0.364. The van der Waals surface area contributed by atoms with Gasteiger partial charge >= 0.3 is 0 Å². The topological polar surface area (TPSA) is 46.5 Å². The summed E-state index contributed by atoms with van der Waals surface area (Å²) < 4.78 is 18.4. The SMILES string of the molecule is O=c1ccc(F)cc([C@@H]2CCCO2)c1O. The van der Waals surface area contributed by atoms with Crippen molar-refractivity contribution >= 4 is 0 Å². The first-order valence-electron chi connectivity index (χ1n) is 4.83. The number of ether oxygens (including phenoxy) is 1. The van der Waals surface area contributed by atoms with Crippen LogP contribution in [0.4, 0.5) is 4.39 Å². The molecule has 0 radical (unpaired) electrons. The molecule has 15 heavy (non-hydrogen) atoms. The Balaban J connectivity index is 2.54. The van der Waals surface area contributed by atoms with E-state index in [0.717, 1.165) is 24.6 Å². The van der Waals surface area contributed by atoms with Gasteiger partial charge in [0.15, 0.2) is 5.75 Å². The minimum atomic E-state index is -0.579. The fourth-order valence-electron chi connectivity index (χ4n) is 1.71. The van der Waals surface area contributed by atoms with Gasteiger partial charge in [-0.3, -0.25) is 4.79 Å². The third-order valence-corrected chi connectivity index (χ3v) is 2.47. The highest BCUT2D eigenvalue weighted by Gasteiger charge is 2.21. The normalized spacial score (nSPS) is 20.5. The van der Waals surface area contributed by atoms with E-state index in [2.05, 4.69) is 0 Å². The third kappa shape index (κ3) is 1.99. The van der Waals surface area contributed by atoms with E-state index in [-0.39, 0.29) is 11.7 Å². The van der Waals surface area contributed by atoms with Crippen molar-refractivity contribution in [2.45, 2.75) is 18.9 Å². The summed E-state index contributed by atoms with van der Waals surface area (Å²) in [5.74, 6) is -0.955. The summed E-state index contributed by atoms with van der Waals surface area (Å²) in [5, 5.41) is 9.58. The second-order valence-electron chi connectivity index (χ2n) is 3.53. The molecule has 0 bridgehead atoms. The average molecular weight is 210 g/mol. The summed E-state index contributed by atoms with van der Waals surface area (Å²) in [6.45, 7) is 0.582. The van der Waals surface area contributed by atoms with Gasteiger partial charge in [0.2, 0.25) is 5.43 Å². The van der Waals surface area contributed by atoms with Crippen molar-refractivity contribution in [1.82, 2.24) is 0 Å². The van der Waals surface area contributed by atoms with E-state index in [1.165, 1.54) is 0 Å². The molecule has 1 N–H and O–H groups in total. The lowest BCUT2D eigenvalue weighted by molar-refractivity contribution is 0.109. The van der Waals surface area contributed by atoms with Gasteiger partial charge in [-0.05, 0) is 31.0 Å². The lowest BCUT2D eigenvalue weighted by Crippen LogP contribution is -2.01. The largest absolute Gasteiger partial charge is 0.504 e. The smallest absolute Gasteiger partial charge is 0.220 e. The maximum Gasteiger partial charge on any atom is 0.220 e. The van der Waals surface area contributed by atoms with Crippen molar-refractivity contribution in [3.63, 3.8) is 0 Å². The zero-order chi connectivity index (χ0) is 10.8. The molecule has 0 aromatic heterocycles. The second-order valence-corrected chi connectivity index (χ2v) is 3.53. The highest BCUT2D eigenvalue weighted by molar-refractivity contribution is 5.33. The van der Waals surface area contributed by atoms with Crippen LogP contribution in [0.1, 0.15) is 24.5 Å². The van der Waals surface area contributed by atoms with Crippen LogP contribution in [-0.2, 0) is 4.74 Å². The number of aromatic hydroxyl groups is 1. The van der Waals surface area contributed by atoms with Crippen molar-refractivity contribution in [2.75, 3.05) is 6.61 Å². The minimum absolute atomic E-state index is 0.250. The summed E-state index contributed by atoms with van der Waals surface area (Å²) >= 11 is 0. The number of rotatable bonds is 1. The quantitative estimate of drug-likeness (QED) is 0.768. The summed E-state index contributed by atoms with van der Waals surface area (Å²) in [6.07, 6.45) is 1.20. The summed E-state index contributed by atoms with van der Waals surface area (Å²) in [4.78, 5) is 11.3. The molecule has 1 aliphatic rings. The Morgan fingerprint density at radius 2 is 2.27 bits per heavy atom. The Morgan fingerprint density at radius 1 is 1.47 bits per heavy atom. The van der Waals surface area contributed by atoms with Gasteiger partial charge in [-0.2, -0.15) is 0 Å². The second kappa shape index (κ2) is 3.98. The predicted molar refractivity (Wildman–Crippen MR) is 52.3 cm³/mol. The molecule has 1 aromatic rings. The first kappa shape index (κ1) is 10.1. The first-order chi connectivity index (χ1) is 7.18. The maximum absolute atomic E-state index is 13.1. The van der Waals surface area contributed by atoms with Gasteiger partial charge in [-0.1, -0.05) is 0 Å². The van der Waals surface area contributed by atoms with E-state index in [1.807, 2.05) is 0 Å². The molecule has 0 aliphatic carbocycles. The zero-order valence-corrected chi connectivity index (χ0v) is 8.07. The molecule has 1 aliphatic heterocycles. The Bertz CT molecular complexity index is 425. The standard InChI is InChI=1S/C11H11FO3/c12-7-3-4-9(13)11(14)8(6-7)10-2-1-5-15-10/h3-4,6,10H,1-2,5H2,(H,13,14)/t10-/m0/s1. The van der Waals surface area contributed by atoms with Crippen LogP contribution in [0.15, 0.2) is 23.0 Å². The number of hydrogen-bond acceptors (Lipinski definition) is 3. The van der Waals surface area contributed by atoms with Crippen LogP contribution >= 0.6 is 0 Å². The van der Waals surface area contributed by atoms with Crippen LogP contribution in [0.25, 0.3) is 0 Å². The monoisotopic (exact) mass is 210 g/mol. The predicted octanol–water partition coefficient (Wildman–Crippen LogP) is 1.74. The van der Waals surface area contributed by atoms with E-state index >= 15 is 0 Å². The van der Waals surface area contributed by atoms with Gasteiger partial charge in [0, 0.05) is 12.2 Å². The van der Waals surface area contributed by atoms with Gasteiger partial charge in [0.05, 0.1) is 6.10 Å². The summed E-state index contributed by atoms with van der Waals surface area (Å²) in [5.41, 5.74) is -0.329. The Kier molecular flexibility index (Phi) is 2.68. The van der Waals surface area contributed by atoms with Crippen LogP contribution in [0.3, 0.4) is 0 Å². The molecule has 0 unspecified atom stereocenters. The molecule has 1 aromatic carbocycles. The lowest BCUT2D eigenvalue weighted by atomic mass is 10.1. The summed E-state index contributed by atoms with van der Waals surface area (Å²) in [6, 6.07) is 3.22. The number of hydrogen-bond donors (Lipinski definition) is 1. The van der Waals surface area contributed by atoms with Crippen molar-refractivity contribution < 1.29 is 14.2 Å². The van der Waals surface area contributed by atoms with Gasteiger partial charge in [-0.25, -0.2) is 4.39 Å². The molecule has 0 amide bonds. The highest BCUT2D eigenvalue weighted by atomic mass is 19.1. The van der Waals surface area contributed by atoms with Crippen LogP contribution in [0.2, 0.25) is 0 Å². The molecule has 1 atom stereocenters. The molecule has 4 heteroatoms. The zero-order valence-electron chi connectivity index (χ0n) is 8.07. The van der Waals surface area contributed by atoms with Gasteiger partial charge < -0.3 is 9.84 Å². The Hall–Kier alpha value is -1.42. The minimum Gasteiger partial charge on any atom is -0.504 e. The molecule has 1 saturated heterocycles. The molecular weight excluding hydrogens is 199 g/mol. The molecule has 1 heterocycles. The van der Waals surface area contributed by atoms with Crippen molar-refractivity contribution in [3.8, 4) is 5.75 Å². The number of halogens is 1. The van der Waals surface area contributed by atoms with Crippen molar-refractivity contribution in [1.29, 1.82) is 0 Å². The van der Waals surface area contributed by atoms with E-state index in [1.54, 1.807) is 0 Å². The Morgan fingerprint density at radius 3 is 2.93 bits per heavy atom. The van der Waals surface area contributed by atoms with E-state index in [0.29, 0.717) is 13.0 Å². The van der Waals surface area contributed by atoms with Crippen LogP contribution in [0, 0.1) is 5.82 Å². The van der Waals surface area contributed by atoms with E-state index in [4.69, 9.17) is 4.74 Å². The molecular formula is C11H11FO3. The van der Waals surface area contributed by atoms with Crippen molar-refractivity contribution in [3.05, 3.63) is 39.8 Å². The summed E-state index contributed by atoms with van der Waals surface area (Å²) in [7, 11) is 0. The first-order valence-corrected chi connectivity index (χ1v) is 4.83. The molecule has 3 nitrogen and oxygen atoms in total. The van der Waals surface area contributed by atoms with Crippen LogP contribution < -0.4 is 5.43 Å². The average Bonchev–Trinajstić information content (AvgIpc) is 2.70. The highest BCUT2D eigenvalue weighted by Crippen LogP contribution is 2.32. The fourth-order valence-corrected chi connectivity index (χ4v) is 1.71. The molecule has 1 fully saturated rings. The van der Waals surface area contributed by atoms with Gasteiger partial charge in [-0.15, -0.1) is 0 Å². The van der Waals surface area contributed by atoms with Crippen molar-refractivity contribution in [2.24, 2.45) is 0 Å². The Labute approximate surface area is 86.1 Å². The molecule has 0 saturated carbocycles. The molecule has 0 spiro atoms. The third-order valence-electron chi connectivity index (χ3n) is 2.47. The molecule has 80 valence electrons. The maximum atomic E-state index is 13.1. The molecule has 2 rings (SSSR count).